The van der Waals surface area contributed by atoms with E-state index in [1.807, 2.05) is 0 Å². The summed E-state index contributed by atoms with van der Waals surface area (Å²) in [6, 6.07) is 7.90. The molecule has 6 heteroatoms. The minimum absolute atomic E-state index is 0.0588. The highest BCUT2D eigenvalue weighted by Gasteiger charge is 2.17. The third-order valence-electron chi connectivity index (χ3n) is 2.64. The van der Waals surface area contributed by atoms with E-state index in [2.05, 4.69) is 4.98 Å². The van der Waals surface area contributed by atoms with Gasteiger partial charge < -0.3 is 9.72 Å². The van der Waals surface area contributed by atoms with Gasteiger partial charge in [0, 0.05) is 17.2 Å². The molecule has 0 saturated heterocycles. The summed E-state index contributed by atoms with van der Waals surface area (Å²) in [6.45, 7) is 1.89. The Balaban J connectivity index is 2.65. The van der Waals surface area contributed by atoms with Gasteiger partial charge in [0.15, 0.2) is 0 Å². The molecule has 20 heavy (non-hydrogen) atoms. The molecule has 0 fully saturated rings. The van der Waals surface area contributed by atoms with Gasteiger partial charge in [0.25, 0.3) is 0 Å². The number of carbonyl (C=O) groups is 1. The van der Waals surface area contributed by atoms with Gasteiger partial charge in [-0.25, -0.2) is 4.79 Å². The lowest BCUT2D eigenvalue weighted by Gasteiger charge is -2.10. The van der Waals surface area contributed by atoms with Crippen LogP contribution in [0.1, 0.15) is 17.4 Å². The number of rotatable bonds is 3. The highest BCUT2D eigenvalue weighted by molar-refractivity contribution is 6.43. The number of ether oxygens (including phenoxy) is 1. The van der Waals surface area contributed by atoms with Crippen molar-refractivity contribution < 1.29 is 9.53 Å². The summed E-state index contributed by atoms with van der Waals surface area (Å²) in [5.41, 5.74) is 0.687. The highest BCUT2D eigenvalue weighted by Crippen LogP contribution is 2.34. The third kappa shape index (κ3) is 2.86. The smallest absolute Gasteiger partial charge is 0.355 e. The zero-order valence-electron chi connectivity index (χ0n) is 10.6. The minimum Gasteiger partial charge on any atom is -0.461 e. The van der Waals surface area contributed by atoms with Gasteiger partial charge in [0.2, 0.25) is 5.56 Å². The summed E-state index contributed by atoms with van der Waals surface area (Å²) >= 11 is 12.1. The molecular weight excluding hydrogens is 301 g/mol. The fourth-order valence-electron chi connectivity index (χ4n) is 1.78. The maximum absolute atomic E-state index is 11.9. The first kappa shape index (κ1) is 14.6. The predicted molar refractivity (Wildman–Crippen MR) is 78.5 cm³/mol. The first-order valence-electron chi connectivity index (χ1n) is 5.89. The van der Waals surface area contributed by atoms with Crippen LogP contribution in [0.15, 0.2) is 35.1 Å². The van der Waals surface area contributed by atoms with Crippen molar-refractivity contribution in [3.8, 4) is 11.1 Å². The van der Waals surface area contributed by atoms with Crippen LogP contribution >= 0.6 is 23.2 Å². The number of H-pyrrole nitrogens is 1. The second-order valence-electron chi connectivity index (χ2n) is 3.93. The summed E-state index contributed by atoms with van der Waals surface area (Å²) in [5.74, 6) is -0.615. The van der Waals surface area contributed by atoms with Gasteiger partial charge in [0.1, 0.15) is 5.69 Å². The molecule has 1 aromatic carbocycles. The van der Waals surface area contributed by atoms with E-state index in [0.29, 0.717) is 21.2 Å². The Labute approximate surface area is 125 Å². The molecule has 104 valence electrons. The monoisotopic (exact) mass is 311 g/mol. The van der Waals surface area contributed by atoms with Crippen molar-refractivity contribution in [3.63, 3.8) is 0 Å². The van der Waals surface area contributed by atoms with Crippen molar-refractivity contribution in [2.24, 2.45) is 0 Å². The lowest BCUT2D eigenvalue weighted by molar-refractivity contribution is 0.0520. The van der Waals surface area contributed by atoms with E-state index in [9.17, 15) is 9.59 Å². The van der Waals surface area contributed by atoms with Crippen molar-refractivity contribution in [2.75, 3.05) is 6.61 Å². The van der Waals surface area contributed by atoms with Crippen molar-refractivity contribution >= 4 is 29.2 Å². The van der Waals surface area contributed by atoms with Gasteiger partial charge in [-0.1, -0.05) is 35.3 Å². The first-order chi connectivity index (χ1) is 9.54. The second-order valence-corrected chi connectivity index (χ2v) is 4.72. The highest BCUT2D eigenvalue weighted by atomic mass is 35.5. The van der Waals surface area contributed by atoms with Crippen molar-refractivity contribution in [1.82, 2.24) is 4.98 Å². The zero-order chi connectivity index (χ0) is 14.7. The van der Waals surface area contributed by atoms with Crippen LogP contribution in [0, 0.1) is 0 Å². The van der Waals surface area contributed by atoms with E-state index in [0.717, 1.165) is 0 Å². The van der Waals surface area contributed by atoms with Crippen LogP contribution in [0.3, 0.4) is 0 Å². The van der Waals surface area contributed by atoms with E-state index in [1.165, 1.54) is 12.1 Å². The standard InChI is InChI=1S/C14H11Cl2NO3/c1-2-20-14(19)13-9(6-7-11(18)17-13)8-4-3-5-10(15)12(8)16/h3-7H,2H2,1H3,(H,17,18). The second kappa shape index (κ2) is 6.11. The number of hydrogen-bond acceptors (Lipinski definition) is 3. The summed E-state index contributed by atoms with van der Waals surface area (Å²) in [4.78, 5) is 25.8. The van der Waals surface area contributed by atoms with Gasteiger partial charge in [-0.3, -0.25) is 4.79 Å². The number of benzene rings is 1. The summed E-state index contributed by atoms with van der Waals surface area (Å²) in [5, 5.41) is 0.678. The quantitative estimate of drug-likeness (QED) is 0.882. The Hall–Kier alpha value is -1.78. The maximum Gasteiger partial charge on any atom is 0.355 e. The number of esters is 1. The molecule has 1 aromatic heterocycles. The third-order valence-corrected chi connectivity index (χ3v) is 3.46. The molecule has 0 amide bonds. The van der Waals surface area contributed by atoms with E-state index in [-0.39, 0.29) is 12.3 Å². The molecule has 0 spiro atoms. The molecule has 0 saturated carbocycles. The molecule has 2 aromatic rings. The number of aromatic amines is 1. The molecule has 1 heterocycles. The Morgan fingerprint density at radius 2 is 1.95 bits per heavy atom. The molecule has 2 rings (SSSR count). The van der Waals surface area contributed by atoms with Gasteiger partial charge in [-0.05, 0) is 19.1 Å². The van der Waals surface area contributed by atoms with Crippen LogP contribution in [0.4, 0.5) is 0 Å². The molecule has 0 atom stereocenters. The molecule has 0 radical (unpaired) electrons. The Kier molecular flexibility index (Phi) is 4.47. The molecule has 0 unspecified atom stereocenters. The number of pyridine rings is 1. The van der Waals surface area contributed by atoms with Crippen molar-refractivity contribution in [1.29, 1.82) is 0 Å². The average molecular weight is 312 g/mol. The Bertz CT molecular complexity index is 710. The zero-order valence-corrected chi connectivity index (χ0v) is 12.1. The molecule has 0 aliphatic carbocycles. The van der Waals surface area contributed by atoms with E-state index in [4.69, 9.17) is 27.9 Å². The van der Waals surface area contributed by atoms with E-state index < -0.39 is 11.5 Å². The molecule has 0 aliphatic heterocycles. The van der Waals surface area contributed by atoms with Crippen LogP contribution in [0.5, 0.6) is 0 Å². The lowest BCUT2D eigenvalue weighted by atomic mass is 10.0. The van der Waals surface area contributed by atoms with Crippen molar-refractivity contribution in [3.05, 3.63) is 56.4 Å². The number of carbonyl (C=O) groups excluding carboxylic acids is 1. The fraction of sp³-hybridized carbons (Fsp3) is 0.143. The van der Waals surface area contributed by atoms with Gasteiger partial charge in [-0.15, -0.1) is 0 Å². The Morgan fingerprint density at radius 1 is 1.20 bits per heavy atom. The Morgan fingerprint density at radius 3 is 2.65 bits per heavy atom. The van der Waals surface area contributed by atoms with Gasteiger partial charge in [0.05, 0.1) is 16.7 Å². The van der Waals surface area contributed by atoms with Crippen LogP contribution in [0.25, 0.3) is 11.1 Å². The maximum atomic E-state index is 11.9. The number of halogens is 2. The van der Waals surface area contributed by atoms with Crippen LogP contribution < -0.4 is 5.56 Å². The largest absolute Gasteiger partial charge is 0.461 e. The lowest BCUT2D eigenvalue weighted by Crippen LogP contribution is -2.15. The van der Waals surface area contributed by atoms with Crippen molar-refractivity contribution in [2.45, 2.75) is 6.92 Å². The normalized spacial score (nSPS) is 10.3. The number of nitrogens with one attached hydrogen (secondary N) is 1. The summed E-state index contributed by atoms with van der Waals surface area (Å²) in [6.07, 6.45) is 0. The molecule has 4 nitrogen and oxygen atoms in total. The fourth-order valence-corrected chi connectivity index (χ4v) is 2.18. The minimum atomic E-state index is -0.615. The SMILES string of the molecule is CCOC(=O)c1[nH]c(=O)ccc1-c1cccc(Cl)c1Cl. The predicted octanol–water partition coefficient (Wildman–Crippen LogP) is 3.53. The van der Waals surface area contributed by atoms with Gasteiger partial charge in [-0.2, -0.15) is 0 Å². The number of aromatic nitrogens is 1. The molecular formula is C14H11Cl2NO3. The van der Waals surface area contributed by atoms with Crippen LogP contribution in [0.2, 0.25) is 10.0 Å². The topological polar surface area (TPSA) is 59.2 Å². The van der Waals surface area contributed by atoms with E-state index >= 15 is 0 Å². The molecule has 1 N–H and O–H groups in total. The van der Waals surface area contributed by atoms with Gasteiger partial charge >= 0.3 is 5.97 Å². The molecule has 0 aliphatic rings. The van der Waals surface area contributed by atoms with Crippen LogP contribution in [-0.4, -0.2) is 17.6 Å². The summed E-state index contributed by atoms with van der Waals surface area (Å²) in [7, 11) is 0. The average Bonchev–Trinajstić information content (AvgIpc) is 2.42. The van der Waals surface area contributed by atoms with Crippen LogP contribution in [-0.2, 0) is 4.74 Å². The molecule has 0 bridgehead atoms. The summed E-state index contributed by atoms with van der Waals surface area (Å²) < 4.78 is 4.93. The number of hydrogen-bond donors (Lipinski definition) is 1. The first-order valence-corrected chi connectivity index (χ1v) is 6.65. The van der Waals surface area contributed by atoms with E-state index in [1.54, 1.807) is 25.1 Å².